The number of aromatic nitrogens is 4. The molecule has 0 fully saturated rings. The Balaban J connectivity index is 2.41. The molecular weight excluding hydrogens is 290 g/mol. The molecule has 6 nitrogen and oxygen atoms in total. The van der Waals surface area contributed by atoms with Gasteiger partial charge >= 0.3 is 0 Å². The molecule has 0 amide bonds. The number of hydrogen-bond donors (Lipinski definition) is 0. The lowest BCUT2D eigenvalue weighted by molar-refractivity contribution is 0.339. The summed E-state index contributed by atoms with van der Waals surface area (Å²) in [6.07, 6.45) is 3.33. The summed E-state index contributed by atoms with van der Waals surface area (Å²) in [7, 11) is 0. The largest absolute Gasteiger partial charge is 0.492 e. The Morgan fingerprint density at radius 1 is 1.10 bits per heavy atom. The van der Waals surface area contributed by atoms with Crippen LogP contribution in [0.5, 0.6) is 5.75 Å². The van der Waals surface area contributed by atoms with Crippen LogP contribution in [-0.2, 0) is 0 Å². The van der Waals surface area contributed by atoms with Crippen molar-refractivity contribution in [3.8, 4) is 17.1 Å². The van der Waals surface area contributed by atoms with Crippen LogP contribution in [0.25, 0.3) is 11.4 Å². The number of ether oxygens (including phenoxy) is 1. The summed E-state index contributed by atoms with van der Waals surface area (Å²) in [6.45, 7) is 8.18. The lowest BCUT2D eigenvalue weighted by Crippen LogP contribution is -2.24. The van der Waals surface area contributed by atoms with Crippen LogP contribution >= 0.6 is 11.6 Å². The summed E-state index contributed by atoms with van der Waals surface area (Å²) in [4.78, 5) is 19.0. The van der Waals surface area contributed by atoms with E-state index >= 15 is 0 Å². The topological polar surface area (TPSA) is 64.0 Å². The van der Waals surface area contributed by atoms with Crippen LogP contribution in [0, 0.1) is 0 Å². The van der Waals surface area contributed by atoms with Gasteiger partial charge in [0, 0.05) is 24.8 Å². The van der Waals surface area contributed by atoms with Crippen LogP contribution in [0.2, 0.25) is 5.28 Å². The van der Waals surface area contributed by atoms with Gasteiger partial charge in [0.1, 0.15) is 5.75 Å². The van der Waals surface area contributed by atoms with Gasteiger partial charge < -0.3 is 9.64 Å². The molecule has 0 N–H and O–H groups in total. The summed E-state index contributed by atoms with van der Waals surface area (Å²) < 4.78 is 5.44. The number of anilines is 1. The summed E-state index contributed by atoms with van der Waals surface area (Å²) in [5.74, 6) is 1.73. The van der Waals surface area contributed by atoms with E-state index in [-0.39, 0.29) is 5.28 Å². The first-order chi connectivity index (χ1) is 10.2. The third-order valence-corrected chi connectivity index (χ3v) is 3.09. The van der Waals surface area contributed by atoms with Crippen molar-refractivity contribution in [2.75, 3.05) is 24.6 Å². The molecule has 0 bridgehead atoms. The normalized spacial score (nSPS) is 10.5. The first-order valence-corrected chi connectivity index (χ1v) is 7.30. The van der Waals surface area contributed by atoms with Crippen molar-refractivity contribution < 1.29 is 4.74 Å². The van der Waals surface area contributed by atoms with E-state index in [0.717, 1.165) is 18.7 Å². The van der Waals surface area contributed by atoms with E-state index in [2.05, 4.69) is 19.9 Å². The lowest BCUT2D eigenvalue weighted by Gasteiger charge is -2.18. The molecule has 0 aromatic carbocycles. The Kier molecular flexibility index (Phi) is 5.27. The Morgan fingerprint density at radius 2 is 1.86 bits per heavy atom. The Morgan fingerprint density at radius 3 is 2.52 bits per heavy atom. The molecule has 112 valence electrons. The minimum absolute atomic E-state index is 0.170. The van der Waals surface area contributed by atoms with Gasteiger partial charge in [0.15, 0.2) is 5.82 Å². The summed E-state index contributed by atoms with van der Waals surface area (Å²) >= 11 is 6.02. The zero-order valence-corrected chi connectivity index (χ0v) is 13.1. The van der Waals surface area contributed by atoms with E-state index in [1.54, 1.807) is 12.4 Å². The predicted molar refractivity (Wildman–Crippen MR) is 82.8 cm³/mol. The Labute approximate surface area is 129 Å². The second-order valence-corrected chi connectivity index (χ2v) is 4.58. The average molecular weight is 308 g/mol. The van der Waals surface area contributed by atoms with E-state index in [1.165, 1.54) is 0 Å². The molecule has 0 saturated heterocycles. The van der Waals surface area contributed by atoms with Crippen LogP contribution in [0.15, 0.2) is 18.5 Å². The second kappa shape index (κ2) is 7.17. The van der Waals surface area contributed by atoms with E-state index in [4.69, 9.17) is 16.3 Å². The molecule has 2 rings (SSSR count). The molecule has 2 heterocycles. The standard InChI is InChI=1S/C14H18ClN5O/c1-4-20(5-2)14-18-12(17-13(15)19-14)10-7-11(21-6-3)9-16-8-10/h7-9H,4-6H2,1-3H3. The third kappa shape index (κ3) is 3.78. The third-order valence-electron chi connectivity index (χ3n) is 2.92. The highest BCUT2D eigenvalue weighted by molar-refractivity contribution is 6.28. The van der Waals surface area contributed by atoms with Crippen molar-refractivity contribution in [1.29, 1.82) is 0 Å². The maximum absolute atomic E-state index is 6.02. The Hall–Kier alpha value is -1.95. The van der Waals surface area contributed by atoms with Gasteiger partial charge in [0.25, 0.3) is 0 Å². The van der Waals surface area contributed by atoms with E-state index in [0.29, 0.717) is 24.1 Å². The van der Waals surface area contributed by atoms with Crippen molar-refractivity contribution in [2.45, 2.75) is 20.8 Å². The average Bonchev–Trinajstić information content (AvgIpc) is 2.49. The van der Waals surface area contributed by atoms with Gasteiger partial charge in [0.05, 0.1) is 12.8 Å². The lowest BCUT2D eigenvalue weighted by atomic mass is 10.2. The summed E-state index contributed by atoms with van der Waals surface area (Å²) in [6, 6.07) is 1.84. The van der Waals surface area contributed by atoms with E-state index < -0.39 is 0 Å². The fourth-order valence-corrected chi connectivity index (χ4v) is 2.06. The molecule has 0 aliphatic rings. The first kappa shape index (κ1) is 15.4. The highest BCUT2D eigenvalue weighted by Gasteiger charge is 2.12. The molecule has 7 heteroatoms. The van der Waals surface area contributed by atoms with Crippen LogP contribution in [-0.4, -0.2) is 39.6 Å². The van der Waals surface area contributed by atoms with Crippen molar-refractivity contribution >= 4 is 17.5 Å². The fourth-order valence-electron chi connectivity index (χ4n) is 1.90. The number of pyridine rings is 1. The molecule has 0 saturated carbocycles. The van der Waals surface area contributed by atoms with Gasteiger partial charge in [-0.15, -0.1) is 0 Å². The van der Waals surface area contributed by atoms with Crippen LogP contribution in [0.1, 0.15) is 20.8 Å². The molecule has 2 aromatic rings. The molecule has 21 heavy (non-hydrogen) atoms. The Bertz CT molecular complexity index is 604. The summed E-state index contributed by atoms with van der Waals surface area (Å²) in [5, 5.41) is 0.170. The molecule has 0 aliphatic heterocycles. The molecule has 0 spiro atoms. The molecule has 0 atom stereocenters. The van der Waals surface area contributed by atoms with Crippen molar-refractivity contribution in [1.82, 2.24) is 19.9 Å². The predicted octanol–water partition coefficient (Wildman–Crippen LogP) is 2.83. The number of rotatable bonds is 6. The highest BCUT2D eigenvalue weighted by Crippen LogP contribution is 2.22. The number of hydrogen-bond acceptors (Lipinski definition) is 6. The minimum atomic E-state index is 0.170. The van der Waals surface area contributed by atoms with Gasteiger partial charge in [-0.05, 0) is 38.4 Å². The van der Waals surface area contributed by atoms with Gasteiger partial charge in [-0.25, -0.2) is 0 Å². The van der Waals surface area contributed by atoms with Crippen molar-refractivity contribution in [3.05, 3.63) is 23.7 Å². The molecule has 0 unspecified atom stereocenters. The van der Waals surface area contributed by atoms with E-state index in [1.807, 2.05) is 31.7 Å². The minimum Gasteiger partial charge on any atom is -0.492 e. The fraction of sp³-hybridized carbons (Fsp3) is 0.429. The maximum atomic E-state index is 6.02. The zero-order valence-electron chi connectivity index (χ0n) is 12.4. The van der Waals surface area contributed by atoms with Gasteiger partial charge in [-0.3, -0.25) is 4.98 Å². The maximum Gasteiger partial charge on any atom is 0.230 e. The zero-order chi connectivity index (χ0) is 15.2. The molecule has 0 aliphatic carbocycles. The van der Waals surface area contributed by atoms with Crippen LogP contribution in [0.3, 0.4) is 0 Å². The number of halogens is 1. The van der Waals surface area contributed by atoms with Crippen molar-refractivity contribution in [2.24, 2.45) is 0 Å². The quantitative estimate of drug-likeness (QED) is 0.817. The summed E-state index contributed by atoms with van der Waals surface area (Å²) in [5.41, 5.74) is 0.749. The van der Waals surface area contributed by atoms with Crippen LogP contribution < -0.4 is 9.64 Å². The molecule has 0 radical (unpaired) electrons. The number of nitrogens with zero attached hydrogens (tertiary/aromatic N) is 5. The van der Waals surface area contributed by atoms with Crippen LogP contribution in [0.4, 0.5) is 5.95 Å². The molecule has 2 aromatic heterocycles. The van der Waals surface area contributed by atoms with Crippen molar-refractivity contribution in [3.63, 3.8) is 0 Å². The van der Waals surface area contributed by atoms with Gasteiger partial charge in [-0.1, -0.05) is 0 Å². The monoisotopic (exact) mass is 307 g/mol. The smallest absolute Gasteiger partial charge is 0.230 e. The SMILES string of the molecule is CCOc1cncc(-c2nc(Cl)nc(N(CC)CC)n2)c1. The first-order valence-electron chi connectivity index (χ1n) is 6.92. The highest BCUT2D eigenvalue weighted by atomic mass is 35.5. The van der Waals surface area contributed by atoms with Gasteiger partial charge in [0.2, 0.25) is 11.2 Å². The molecular formula is C14H18ClN5O. The van der Waals surface area contributed by atoms with Gasteiger partial charge in [-0.2, -0.15) is 15.0 Å². The second-order valence-electron chi connectivity index (χ2n) is 4.24. The van der Waals surface area contributed by atoms with E-state index in [9.17, 15) is 0 Å².